The van der Waals surface area contributed by atoms with E-state index < -0.39 is 0 Å². The van der Waals surface area contributed by atoms with E-state index in [0.29, 0.717) is 39.9 Å². The standard InChI is InChI=1S/C23H19ClN4O3S/c1-3-10-28-13(2)19(20(25-23(28)32)14-4-7-16(24)8-5-14)22-26-21(27-31-22)15-6-9-17-18(11-15)30-12-29-17/h3-9,11,20H,1,10,12H2,2H3,(H,25,32). The summed E-state index contributed by atoms with van der Waals surface area (Å²) in [7, 11) is 0. The Balaban J connectivity index is 1.58. The van der Waals surface area contributed by atoms with Gasteiger partial charge in [0.05, 0.1) is 11.6 Å². The summed E-state index contributed by atoms with van der Waals surface area (Å²) in [6, 6.07) is 12.9. The highest BCUT2D eigenvalue weighted by Crippen LogP contribution is 2.39. The maximum atomic E-state index is 6.10. The van der Waals surface area contributed by atoms with Crippen molar-refractivity contribution in [3.63, 3.8) is 0 Å². The number of benzene rings is 2. The molecule has 0 spiro atoms. The molecule has 0 bridgehead atoms. The number of fused-ring (bicyclic) bond motifs is 1. The van der Waals surface area contributed by atoms with Gasteiger partial charge in [0.1, 0.15) is 0 Å². The molecular formula is C23H19ClN4O3S. The van der Waals surface area contributed by atoms with Gasteiger partial charge in [-0.25, -0.2) is 0 Å². The van der Waals surface area contributed by atoms with Crippen molar-refractivity contribution in [2.45, 2.75) is 13.0 Å². The molecule has 9 heteroatoms. The van der Waals surface area contributed by atoms with Crippen LogP contribution in [0.1, 0.15) is 24.4 Å². The number of hydrogen-bond acceptors (Lipinski definition) is 6. The third-order valence-electron chi connectivity index (χ3n) is 5.40. The lowest BCUT2D eigenvalue weighted by Crippen LogP contribution is -2.45. The molecule has 3 heterocycles. The lowest BCUT2D eigenvalue weighted by Gasteiger charge is -2.36. The van der Waals surface area contributed by atoms with Crippen LogP contribution >= 0.6 is 23.8 Å². The zero-order valence-corrected chi connectivity index (χ0v) is 18.7. The summed E-state index contributed by atoms with van der Waals surface area (Å²) in [5.41, 5.74) is 3.50. The lowest BCUT2D eigenvalue weighted by atomic mass is 9.95. The summed E-state index contributed by atoms with van der Waals surface area (Å²) in [6.45, 7) is 6.58. The van der Waals surface area contributed by atoms with E-state index in [9.17, 15) is 0 Å². The van der Waals surface area contributed by atoms with Gasteiger partial charge in [0.25, 0.3) is 5.89 Å². The molecule has 2 aliphatic rings. The minimum atomic E-state index is -0.272. The molecule has 0 amide bonds. The number of thiocarbonyl (C=S) groups is 1. The van der Waals surface area contributed by atoms with Gasteiger partial charge in [0, 0.05) is 22.8 Å². The van der Waals surface area contributed by atoms with Crippen LogP contribution in [0.4, 0.5) is 0 Å². The van der Waals surface area contributed by atoms with Crippen LogP contribution in [0.5, 0.6) is 11.5 Å². The molecule has 1 aromatic heterocycles. The molecule has 2 aromatic carbocycles. The summed E-state index contributed by atoms with van der Waals surface area (Å²) in [5.74, 6) is 2.21. The Bertz CT molecular complexity index is 1240. The zero-order chi connectivity index (χ0) is 22.2. The van der Waals surface area contributed by atoms with Gasteiger partial charge in [-0.2, -0.15) is 4.98 Å². The van der Waals surface area contributed by atoms with Gasteiger partial charge in [-0.3, -0.25) is 0 Å². The monoisotopic (exact) mass is 466 g/mol. The molecule has 0 saturated carbocycles. The Kier molecular flexibility index (Phi) is 5.32. The number of rotatable bonds is 5. The van der Waals surface area contributed by atoms with Crippen LogP contribution in [-0.4, -0.2) is 33.5 Å². The molecular weight excluding hydrogens is 448 g/mol. The average Bonchev–Trinajstić information content (AvgIpc) is 3.46. The third kappa shape index (κ3) is 3.61. The SMILES string of the molecule is C=CCN1C(=S)NC(c2ccc(Cl)cc2)C(c2nc(-c3ccc4c(c3)OCO4)no2)=C1C. The van der Waals surface area contributed by atoms with Crippen molar-refractivity contribution in [2.24, 2.45) is 0 Å². The van der Waals surface area contributed by atoms with Crippen molar-refractivity contribution < 1.29 is 14.0 Å². The van der Waals surface area contributed by atoms with Gasteiger partial charge in [0.2, 0.25) is 12.6 Å². The molecule has 5 rings (SSSR count). The normalized spacial score (nSPS) is 17.5. The second kappa shape index (κ2) is 8.29. The lowest BCUT2D eigenvalue weighted by molar-refractivity contribution is 0.174. The average molecular weight is 467 g/mol. The van der Waals surface area contributed by atoms with E-state index in [-0.39, 0.29) is 12.8 Å². The maximum absolute atomic E-state index is 6.10. The molecule has 0 radical (unpaired) electrons. The summed E-state index contributed by atoms with van der Waals surface area (Å²) in [5, 5.41) is 8.87. The molecule has 0 saturated heterocycles. The Morgan fingerprint density at radius 2 is 2.00 bits per heavy atom. The van der Waals surface area contributed by atoms with E-state index >= 15 is 0 Å². The number of halogens is 1. The van der Waals surface area contributed by atoms with Crippen LogP contribution < -0.4 is 14.8 Å². The molecule has 0 aliphatic carbocycles. The van der Waals surface area contributed by atoms with Crippen LogP contribution in [0, 0.1) is 0 Å². The Morgan fingerprint density at radius 1 is 1.22 bits per heavy atom. The number of nitrogens with zero attached hydrogens (tertiary/aromatic N) is 3. The zero-order valence-electron chi connectivity index (χ0n) is 17.2. The first kappa shape index (κ1) is 20.5. The van der Waals surface area contributed by atoms with E-state index in [1.807, 2.05) is 54.3 Å². The van der Waals surface area contributed by atoms with Gasteiger partial charge < -0.3 is 24.2 Å². The molecule has 3 aromatic rings. The van der Waals surface area contributed by atoms with Gasteiger partial charge in [0.15, 0.2) is 16.6 Å². The third-order valence-corrected chi connectivity index (χ3v) is 5.99. The minimum absolute atomic E-state index is 0.204. The van der Waals surface area contributed by atoms with E-state index in [1.54, 1.807) is 6.08 Å². The highest BCUT2D eigenvalue weighted by molar-refractivity contribution is 7.80. The summed E-state index contributed by atoms with van der Waals surface area (Å²) in [6.07, 6.45) is 1.80. The van der Waals surface area contributed by atoms with Crippen LogP contribution in [0.2, 0.25) is 5.02 Å². The van der Waals surface area contributed by atoms with Crippen molar-refractivity contribution in [3.8, 4) is 22.9 Å². The van der Waals surface area contributed by atoms with Crippen molar-refractivity contribution in [2.75, 3.05) is 13.3 Å². The molecule has 32 heavy (non-hydrogen) atoms. The number of allylic oxidation sites excluding steroid dienone is 1. The second-order valence-corrected chi connectivity index (χ2v) is 8.15. The van der Waals surface area contributed by atoms with Crippen LogP contribution in [0.15, 0.2) is 65.3 Å². The Morgan fingerprint density at radius 3 is 2.78 bits per heavy atom. The Labute approximate surface area is 195 Å². The van der Waals surface area contributed by atoms with E-state index in [0.717, 1.165) is 22.4 Å². The number of aromatic nitrogens is 2. The highest BCUT2D eigenvalue weighted by atomic mass is 35.5. The number of nitrogens with one attached hydrogen (secondary N) is 1. The second-order valence-electron chi connectivity index (χ2n) is 7.32. The van der Waals surface area contributed by atoms with E-state index in [1.165, 1.54) is 0 Å². The van der Waals surface area contributed by atoms with Crippen LogP contribution in [0.25, 0.3) is 17.0 Å². The van der Waals surface area contributed by atoms with Crippen LogP contribution in [0.3, 0.4) is 0 Å². The predicted octanol–water partition coefficient (Wildman–Crippen LogP) is 4.97. The fourth-order valence-corrected chi connectivity index (χ4v) is 4.25. The minimum Gasteiger partial charge on any atom is -0.454 e. The van der Waals surface area contributed by atoms with Crippen molar-refractivity contribution in [3.05, 3.63) is 77.3 Å². The Hall–Kier alpha value is -3.36. The van der Waals surface area contributed by atoms with Crippen molar-refractivity contribution in [1.82, 2.24) is 20.4 Å². The summed E-state index contributed by atoms with van der Waals surface area (Å²) >= 11 is 11.7. The smallest absolute Gasteiger partial charge is 0.258 e. The topological polar surface area (TPSA) is 72.7 Å². The predicted molar refractivity (Wildman–Crippen MR) is 125 cm³/mol. The molecule has 0 fully saturated rings. The molecule has 1 unspecified atom stereocenters. The van der Waals surface area contributed by atoms with Gasteiger partial charge in [-0.05, 0) is 55.0 Å². The summed E-state index contributed by atoms with van der Waals surface area (Å²) < 4.78 is 16.6. The first-order valence-electron chi connectivity index (χ1n) is 9.94. The first-order chi connectivity index (χ1) is 15.5. The van der Waals surface area contributed by atoms with E-state index in [4.69, 9.17) is 42.8 Å². The van der Waals surface area contributed by atoms with Crippen molar-refractivity contribution in [1.29, 1.82) is 0 Å². The quantitative estimate of drug-likeness (QED) is 0.417. The molecule has 2 aliphatic heterocycles. The molecule has 7 nitrogen and oxygen atoms in total. The van der Waals surface area contributed by atoms with Crippen molar-refractivity contribution >= 4 is 34.5 Å². The number of hydrogen-bond donors (Lipinski definition) is 1. The van der Waals surface area contributed by atoms with Gasteiger partial charge >= 0.3 is 0 Å². The molecule has 1 N–H and O–H groups in total. The first-order valence-corrected chi connectivity index (χ1v) is 10.7. The van der Waals surface area contributed by atoms with Gasteiger partial charge in [-0.15, -0.1) is 6.58 Å². The summed E-state index contributed by atoms with van der Waals surface area (Å²) in [4.78, 5) is 6.65. The fourth-order valence-electron chi connectivity index (χ4n) is 3.80. The van der Waals surface area contributed by atoms with E-state index in [2.05, 4.69) is 17.1 Å². The fraction of sp³-hybridized carbons (Fsp3) is 0.174. The molecule has 162 valence electrons. The molecule has 1 atom stereocenters. The number of ether oxygens (including phenoxy) is 2. The maximum Gasteiger partial charge on any atom is 0.258 e. The highest BCUT2D eigenvalue weighted by Gasteiger charge is 2.33. The van der Waals surface area contributed by atoms with Gasteiger partial charge in [-0.1, -0.05) is 35.0 Å². The van der Waals surface area contributed by atoms with Crippen LogP contribution in [-0.2, 0) is 0 Å². The largest absolute Gasteiger partial charge is 0.454 e.